The van der Waals surface area contributed by atoms with Gasteiger partial charge >= 0.3 is 0 Å². The smallest absolute Gasteiger partial charge is 0.261 e. The highest BCUT2D eigenvalue weighted by molar-refractivity contribution is 8.00. The molecule has 0 saturated heterocycles. The highest BCUT2D eigenvalue weighted by Crippen LogP contribution is 2.27. The van der Waals surface area contributed by atoms with Crippen LogP contribution < -0.4 is 10.0 Å². The van der Waals surface area contributed by atoms with E-state index in [1.165, 1.54) is 23.1 Å². The van der Waals surface area contributed by atoms with Gasteiger partial charge in [0.25, 0.3) is 10.0 Å². The largest absolute Gasteiger partial charge is 0.301 e. The van der Waals surface area contributed by atoms with Gasteiger partial charge in [-0.25, -0.2) is 13.4 Å². The van der Waals surface area contributed by atoms with Crippen LogP contribution in [0.3, 0.4) is 0 Å². The number of sulfonamides is 1. The van der Waals surface area contributed by atoms with Crippen LogP contribution in [-0.2, 0) is 14.8 Å². The predicted molar refractivity (Wildman–Crippen MR) is 132 cm³/mol. The lowest BCUT2D eigenvalue weighted by atomic mass is 10.2. The molecule has 0 aliphatic heterocycles. The monoisotopic (exact) mass is 483 g/mol. The summed E-state index contributed by atoms with van der Waals surface area (Å²) in [6.07, 6.45) is 0. The molecule has 3 aromatic carbocycles. The average molecular weight is 484 g/mol. The maximum absolute atomic E-state index is 12.5. The summed E-state index contributed by atoms with van der Waals surface area (Å²) in [6.45, 7) is 3.92. The fourth-order valence-corrected chi connectivity index (χ4v) is 5.68. The SMILES string of the molecule is Cc1ccc(S(=O)(=O)Nc2ccc(SCC(=O)Nc3nc4ccc(C)cc4s3)cc2)cc1. The Morgan fingerprint density at radius 1 is 0.969 bits per heavy atom. The lowest BCUT2D eigenvalue weighted by molar-refractivity contribution is -0.113. The van der Waals surface area contributed by atoms with E-state index < -0.39 is 10.0 Å². The molecule has 9 heteroatoms. The molecule has 0 aliphatic rings. The van der Waals surface area contributed by atoms with Crippen molar-refractivity contribution in [3.63, 3.8) is 0 Å². The zero-order valence-electron chi connectivity index (χ0n) is 17.5. The van der Waals surface area contributed by atoms with Gasteiger partial charge in [-0.2, -0.15) is 0 Å². The van der Waals surface area contributed by atoms with Gasteiger partial charge in [0.1, 0.15) is 0 Å². The van der Waals surface area contributed by atoms with Crippen LogP contribution in [0.4, 0.5) is 10.8 Å². The number of carbonyl (C=O) groups is 1. The summed E-state index contributed by atoms with van der Waals surface area (Å²) >= 11 is 2.82. The molecule has 0 radical (unpaired) electrons. The minimum absolute atomic E-state index is 0.144. The van der Waals surface area contributed by atoms with Crippen molar-refractivity contribution in [2.24, 2.45) is 0 Å². The summed E-state index contributed by atoms with van der Waals surface area (Å²) in [5, 5.41) is 3.42. The maximum Gasteiger partial charge on any atom is 0.261 e. The normalized spacial score (nSPS) is 11.4. The van der Waals surface area contributed by atoms with E-state index in [0.29, 0.717) is 10.8 Å². The van der Waals surface area contributed by atoms with Crippen LogP contribution in [0.15, 0.2) is 76.5 Å². The number of carbonyl (C=O) groups excluding carboxylic acids is 1. The van der Waals surface area contributed by atoms with Gasteiger partial charge in [0.2, 0.25) is 5.91 Å². The molecule has 6 nitrogen and oxygen atoms in total. The molecule has 2 N–H and O–H groups in total. The summed E-state index contributed by atoms with van der Waals surface area (Å²) in [4.78, 5) is 17.8. The summed E-state index contributed by atoms with van der Waals surface area (Å²) < 4.78 is 28.6. The molecular formula is C23H21N3O3S3. The molecule has 4 aromatic rings. The Morgan fingerprint density at radius 3 is 2.38 bits per heavy atom. The number of anilines is 2. The van der Waals surface area contributed by atoms with Crippen LogP contribution in [0.5, 0.6) is 0 Å². The van der Waals surface area contributed by atoms with Gasteiger partial charge in [0, 0.05) is 10.6 Å². The second-order valence-electron chi connectivity index (χ2n) is 7.27. The molecule has 4 rings (SSSR count). The fraction of sp³-hybridized carbons (Fsp3) is 0.130. The molecule has 1 heterocycles. The third-order valence-electron chi connectivity index (χ3n) is 4.60. The average Bonchev–Trinajstić information content (AvgIpc) is 3.14. The summed E-state index contributed by atoms with van der Waals surface area (Å²) in [7, 11) is -3.64. The Hall–Kier alpha value is -2.88. The molecule has 0 unspecified atom stereocenters. The number of hydrogen-bond donors (Lipinski definition) is 2. The summed E-state index contributed by atoms with van der Waals surface area (Å²) in [6, 6.07) is 19.6. The first-order valence-corrected chi connectivity index (χ1v) is 13.1. The Labute approximate surface area is 195 Å². The molecule has 1 amide bonds. The second kappa shape index (κ2) is 9.32. The minimum Gasteiger partial charge on any atom is -0.301 e. The highest BCUT2D eigenvalue weighted by atomic mass is 32.2. The van der Waals surface area contributed by atoms with Gasteiger partial charge in [0.05, 0.1) is 20.9 Å². The zero-order chi connectivity index (χ0) is 22.7. The molecule has 1 aromatic heterocycles. The van der Waals surface area contributed by atoms with Crippen molar-refractivity contribution in [2.75, 3.05) is 15.8 Å². The summed E-state index contributed by atoms with van der Waals surface area (Å²) in [5.41, 5.74) is 3.48. The van der Waals surface area contributed by atoms with Crippen LogP contribution in [-0.4, -0.2) is 25.1 Å². The summed E-state index contributed by atoms with van der Waals surface area (Å²) in [5.74, 6) is 0.0820. The second-order valence-corrected chi connectivity index (χ2v) is 11.0. The van der Waals surface area contributed by atoms with Crippen molar-refractivity contribution in [1.29, 1.82) is 0 Å². The van der Waals surface area contributed by atoms with E-state index in [0.717, 1.165) is 26.2 Å². The fourth-order valence-electron chi connectivity index (χ4n) is 2.94. The number of aromatic nitrogens is 1. The van der Waals surface area contributed by atoms with Crippen molar-refractivity contribution in [3.05, 3.63) is 77.9 Å². The van der Waals surface area contributed by atoms with Crippen LogP contribution in [0.2, 0.25) is 0 Å². The molecule has 164 valence electrons. The Morgan fingerprint density at radius 2 is 1.66 bits per heavy atom. The first kappa shape index (κ1) is 22.3. The Balaban J connectivity index is 1.33. The molecular weight excluding hydrogens is 462 g/mol. The van der Waals surface area contributed by atoms with Gasteiger partial charge in [-0.15, -0.1) is 11.8 Å². The van der Waals surface area contributed by atoms with E-state index in [-0.39, 0.29) is 16.6 Å². The molecule has 0 spiro atoms. The maximum atomic E-state index is 12.5. The van der Waals surface area contributed by atoms with Crippen LogP contribution in [0, 0.1) is 13.8 Å². The van der Waals surface area contributed by atoms with Crippen LogP contribution in [0.25, 0.3) is 10.2 Å². The molecule has 0 saturated carbocycles. The number of nitrogens with one attached hydrogen (secondary N) is 2. The standard InChI is InChI=1S/C23H21N3O3S3/c1-15-3-10-19(11-4-15)32(28,29)26-17-6-8-18(9-7-17)30-14-22(27)25-23-24-20-12-5-16(2)13-21(20)31-23/h3-13,26H,14H2,1-2H3,(H,24,25,27). The van der Waals surface area contributed by atoms with E-state index in [1.807, 2.05) is 32.0 Å². The van der Waals surface area contributed by atoms with Gasteiger partial charge in [0.15, 0.2) is 5.13 Å². The molecule has 0 atom stereocenters. The third kappa shape index (κ3) is 5.48. The number of thiazole rings is 1. The highest BCUT2D eigenvalue weighted by Gasteiger charge is 2.14. The number of aryl methyl sites for hydroxylation is 2. The van der Waals surface area contributed by atoms with Crippen molar-refractivity contribution < 1.29 is 13.2 Å². The van der Waals surface area contributed by atoms with E-state index in [2.05, 4.69) is 15.0 Å². The number of hydrogen-bond acceptors (Lipinski definition) is 6. The van der Waals surface area contributed by atoms with E-state index in [1.54, 1.807) is 48.5 Å². The first-order chi connectivity index (χ1) is 15.3. The minimum atomic E-state index is -3.64. The first-order valence-electron chi connectivity index (χ1n) is 9.78. The van der Waals surface area contributed by atoms with E-state index in [9.17, 15) is 13.2 Å². The topological polar surface area (TPSA) is 88.2 Å². The van der Waals surface area contributed by atoms with Crippen molar-refractivity contribution in [2.45, 2.75) is 23.6 Å². The van der Waals surface area contributed by atoms with Crippen LogP contribution in [0.1, 0.15) is 11.1 Å². The quantitative estimate of drug-likeness (QED) is 0.342. The molecule has 0 aliphatic carbocycles. The van der Waals surface area contributed by atoms with E-state index >= 15 is 0 Å². The van der Waals surface area contributed by atoms with Crippen LogP contribution >= 0.6 is 23.1 Å². The van der Waals surface area contributed by atoms with Gasteiger partial charge in [-0.05, 0) is 67.9 Å². The number of benzene rings is 3. The Bertz CT molecular complexity index is 1360. The van der Waals surface area contributed by atoms with Crippen molar-refractivity contribution in [3.8, 4) is 0 Å². The van der Waals surface area contributed by atoms with Crippen molar-refractivity contribution in [1.82, 2.24) is 4.98 Å². The van der Waals surface area contributed by atoms with E-state index in [4.69, 9.17) is 0 Å². The Kier molecular flexibility index (Phi) is 6.50. The van der Waals surface area contributed by atoms with Gasteiger partial charge < -0.3 is 5.32 Å². The molecule has 0 fully saturated rings. The number of fused-ring (bicyclic) bond motifs is 1. The lowest BCUT2D eigenvalue weighted by Crippen LogP contribution is -2.14. The van der Waals surface area contributed by atoms with Gasteiger partial charge in [-0.1, -0.05) is 35.1 Å². The predicted octanol–water partition coefficient (Wildman–Crippen LogP) is 5.44. The number of amides is 1. The molecule has 32 heavy (non-hydrogen) atoms. The third-order valence-corrected chi connectivity index (χ3v) is 7.94. The number of rotatable bonds is 7. The molecule has 0 bridgehead atoms. The van der Waals surface area contributed by atoms with Gasteiger partial charge in [-0.3, -0.25) is 9.52 Å². The van der Waals surface area contributed by atoms with Crippen molar-refractivity contribution >= 4 is 60.1 Å². The number of thioether (sulfide) groups is 1. The number of nitrogens with zero attached hydrogens (tertiary/aromatic N) is 1. The lowest BCUT2D eigenvalue weighted by Gasteiger charge is -2.09. The zero-order valence-corrected chi connectivity index (χ0v) is 19.9.